The van der Waals surface area contributed by atoms with E-state index >= 15 is 0 Å². The molecule has 1 rings (SSSR count). The Kier molecular flexibility index (Phi) is 3.53. The van der Waals surface area contributed by atoms with Crippen molar-refractivity contribution in [1.82, 2.24) is 5.32 Å². The average Bonchev–Trinajstić information content (AvgIpc) is 2.82. The monoisotopic (exact) mass is 171 g/mol. The first-order chi connectivity index (χ1) is 5.72. The van der Waals surface area contributed by atoms with Crippen LogP contribution in [0.15, 0.2) is 0 Å². The Hall–Kier alpha value is -0.0800. The van der Waals surface area contributed by atoms with Crippen LogP contribution in [0.2, 0.25) is 0 Å². The maximum atomic E-state index is 9.06. The first-order valence-corrected chi connectivity index (χ1v) is 5.07. The summed E-state index contributed by atoms with van der Waals surface area (Å²) in [5, 5.41) is 12.5. The number of nitrogens with one attached hydrogen (secondary N) is 1. The Morgan fingerprint density at radius 2 is 2.17 bits per heavy atom. The summed E-state index contributed by atoms with van der Waals surface area (Å²) < 4.78 is 0. The van der Waals surface area contributed by atoms with Crippen molar-refractivity contribution < 1.29 is 5.11 Å². The quantitative estimate of drug-likeness (QED) is 0.635. The molecule has 1 fully saturated rings. The highest BCUT2D eigenvalue weighted by Crippen LogP contribution is 2.44. The fourth-order valence-corrected chi connectivity index (χ4v) is 1.49. The van der Waals surface area contributed by atoms with Gasteiger partial charge in [-0.15, -0.1) is 0 Å². The summed E-state index contributed by atoms with van der Waals surface area (Å²) in [6.07, 6.45) is 4.88. The van der Waals surface area contributed by atoms with Crippen LogP contribution in [0.3, 0.4) is 0 Å². The lowest BCUT2D eigenvalue weighted by atomic mass is 10.1. The summed E-state index contributed by atoms with van der Waals surface area (Å²) in [5.41, 5.74) is 0.266. The van der Waals surface area contributed by atoms with E-state index in [2.05, 4.69) is 19.2 Å². The smallest absolute Gasteiger partial charge is 0.0499 e. The second-order valence-corrected chi connectivity index (χ2v) is 4.23. The molecule has 0 aromatic carbocycles. The van der Waals surface area contributed by atoms with Crippen molar-refractivity contribution in [1.29, 1.82) is 0 Å². The van der Waals surface area contributed by atoms with Crippen LogP contribution in [0.5, 0.6) is 0 Å². The Bertz CT molecular complexity index is 132. The summed E-state index contributed by atoms with van der Waals surface area (Å²) in [7, 11) is 0. The van der Waals surface area contributed by atoms with Gasteiger partial charge in [0.1, 0.15) is 0 Å². The van der Waals surface area contributed by atoms with Gasteiger partial charge in [0.2, 0.25) is 0 Å². The molecule has 1 aliphatic rings. The predicted octanol–water partition coefficient (Wildman–Crippen LogP) is 1.54. The summed E-state index contributed by atoms with van der Waals surface area (Å²) in [6, 6.07) is 0.610. The first-order valence-electron chi connectivity index (χ1n) is 5.07. The third kappa shape index (κ3) is 2.76. The molecule has 12 heavy (non-hydrogen) atoms. The lowest BCUT2D eigenvalue weighted by Gasteiger charge is -2.17. The zero-order valence-electron chi connectivity index (χ0n) is 8.27. The van der Waals surface area contributed by atoms with Crippen LogP contribution in [0.1, 0.15) is 39.5 Å². The highest BCUT2D eigenvalue weighted by Gasteiger charge is 2.41. The molecular weight excluding hydrogens is 150 g/mol. The fourth-order valence-electron chi connectivity index (χ4n) is 1.49. The highest BCUT2D eigenvalue weighted by molar-refractivity contribution is 4.94. The van der Waals surface area contributed by atoms with Crippen LogP contribution < -0.4 is 5.32 Å². The Balaban J connectivity index is 2.08. The third-order valence-electron chi connectivity index (χ3n) is 2.84. The summed E-state index contributed by atoms with van der Waals surface area (Å²) in [4.78, 5) is 0. The van der Waals surface area contributed by atoms with Crippen LogP contribution in [0, 0.1) is 5.41 Å². The molecule has 0 bridgehead atoms. The molecule has 2 heteroatoms. The molecule has 1 unspecified atom stereocenters. The van der Waals surface area contributed by atoms with E-state index in [-0.39, 0.29) is 5.41 Å². The number of aliphatic hydroxyl groups is 1. The normalized spacial score (nSPS) is 22.2. The third-order valence-corrected chi connectivity index (χ3v) is 2.84. The summed E-state index contributed by atoms with van der Waals surface area (Å²) in [6.45, 7) is 5.79. The molecule has 0 heterocycles. The summed E-state index contributed by atoms with van der Waals surface area (Å²) in [5.74, 6) is 0. The van der Waals surface area contributed by atoms with Crippen LogP contribution in [-0.2, 0) is 0 Å². The van der Waals surface area contributed by atoms with Gasteiger partial charge in [-0.25, -0.2) is 0 Å². The second kappa shape index (κ2) is 4.24. The second-order valence-electron chi connectivity index (χ2n) is 4.23. The van der Waals surface area contributed by atoms with Crippen molar-refractivity contribution in [2.75, 3.05) is 13.2 Å². The van der Waals surface area contributed by atoms with Crippen LogP contribution in [0.25, 0.3) is 0 Å². The molecule has 2 N–H and O–H groups in total. The lowest BCUT2D eigenvalue weighted by molar-refractivity contribution is 0.204. The predicted molar refractivity (Wildman–Crippen MR) is 51.1 cm³/mol. The average molecular weight is 171 g/mol. The minimum atomic E-state index is 0.266. The summed E-state index contributed by atoms with van der Waals surface area (Å²) >= 11 is 0. The lowest BCUT2D eigenvalue weighted by Crippen LogP contribution is -2.33. The van der Waals surface area contributed by atoms with Crippen LogP contribution >= 0.6 is 0 Å². The minimum Gasteiger partial charge on any atom is -0.396 e. The van der Waals surface area contributed by atoms with Gasteiger partial charge in [0.25, 0.3) is 0 Å². The number of hydrogen-bond acceptors (Lipinski definition) is 2. The van der Waals surface area contributed by atoms with Gasteiger partial charge in [-0.2, -0.15) is 0 Å². The molecule has 2 nitrogen and oxygen atoms in total. The van der Waals surface area contributed by atoms with E-state index < -0.39 is 0 Å². The van der Waals surface area contributed by atoms with E-state index in [9.17, 15) is 0 Å². The van der Waals surface area contributed by atoms with E-state index in [1.807, 2.05) is 0 Å². The van der Waals surface area contributed by atoms with Crippen molar-refractivity contribution in [2.24, 2.45) is 5.41 Å². The van der Waals surface area contributed by atoms with Gasteiger partial charge in [-0.3, -0.25) is 0 Å². The fraction of sp³-hybridized carbons (Fsp3) is 1.00. The van der Waals surface area contributed by atoms with Crippen LogP contribution in [0.4, 0.5) is 0 Å². The zero-order valence-corrected chi connectivity index (χ0v) is 8.27. The van der Waals surface area contributed by atoms with Crippen molar-refractivity contribution in [2.45, 2.75) is 45.6 Å². The molecule has 0 amide bonds. The van der Waals surface area contributed by atoms with Crippen molar-refractivity contribution in [3.63, 3.8) is 0 Å². The molecule has 0 aliphatic heterocycles. The van der Waals surface area contributed by atoms with Gasteiger partial charge in [0.05, 0.1) is 0 Å². The SMILES string of the molecule is CCCC(C)NCC1(CO)CC1. The van der Waals surface area contributed by atoms with Crippen molar-refractivity contribution >= 4 is 0 Å². The Morgan fingerprint density at radius 1 is 1.50 bits per heavy atom. The minimum absolute atomic E-state index is 0.266. The zero-order chi connectivity index (χ0) is 9.03. The molecule has 0 spiro atoms. The molecular formula is C10H21NO. The topological polar surface area (TPSA) is 32.3 Å². The number of hydrogen-bond donors (Lipinski definition) is 2. The van der Waals surface area contributed by atoms with E-state index in [1.165, 1.54) is 25.7 Å². The van der Waals surface area contributed by atoms with Gasteiger partial charge in [-0.1, -0.05) is 13.3 Å². The maximum Gasteiger partial charge on any atom is 0.0499 e. The largest absolute Gasteiger partial charge is 0.396 e. The van der Waals surface area contributed by atoms with Crippen LogP contribution in [-0.4, -0.2) is 24.3 Å². The van der Waals surface area contributed by atoms with E-state index in [0.29, 0.717) is 12.6 Å². The molecule has 0 aromatic heterocycles. The molecule has 0 radical (unpaired) electrons. The van der Waals surface area contributed by atoms with E-state index in [4.69, 9.17) is 5.11 Å². The van der Waals surface area contributed by atoms with Gasteiger partial charge in [0.15, 0.2) is 0 Å². The molecule has 1 atom stereocenters. The highest BCUT2D eigenvalue weighted by atomic mass is 16.3. The molecule has 0 saturated heterocycles. The van der Waals surface area contributed by atoms with Gasteiger partial charge in [-0.05, 0) is 26.2 Å². The van der Waals surface area contributed by atoms with Crippen molar-refractivity contribution in [3.8, 4) is 0 Å². The number of rotatable bonds is 6. The molecule has 1 aliphatic carbocycles. The maximum absolute atomic E-state index is 9.06. The Morgan fingerprint density at radius 3 is 2.58 bits per heavy atom. The van der Waals surface area contributed by atoms with Gasteiger partial charge in [0, 0.05) is 24.6 Å². The van der Waals surface area contributed by atoms with Gasteiger partial charge >= 0.3 is 0 Å². The first kappa shape index (κ1) is 10.0. The van der Waals surface area contributed by atoms with E-state index in [1.54, 1.807) is 0 Å². The molecule has 0 aromatic rings. The molecule has 72 valence electrons. The van der Waals surface area contributed by atoms with Crippen molar-refractivity contribution in [3.05, 3.63) is 0 Å². The van der Waals surface area contributed by atoms with Gasteiger partial charge < -0.3 is 10.4 Å². The molecule has 1 saturated carbocycles. The Labute approximate surface area is 75.4 Å². The van der Waals surface area contributed by atoms with E-state index in [0.717, 1.165) is 6.54 Å². The number of aliphatic hydroxyl groups excluding tert-OH is 1. The standard InChI is InChI=1S/C10H21NO/c1-3-4-9(2)11-7-10(8-12)5-6-10/h9,11-12H,3-8H2,1-2H3.